The maximum Gasteiger partial charge on any atom is 0.127 e. The second kappa shape index (κ2) is 4.78. The van der Waals surface area contributed by atoms with Crippen molar-refractivity contribution in [3.05, 3.63) is 54.4 Å². The normalized spacial score (nSPS) is 10.0. The number of hydrogen-bond acceptors (Lipinski definition) is 2. The fraction of sp³-hybridized carbons (Fsp3) is 0.143. The summed E-state index contributed by atoms with van der Waals surface area (Å²) in [4.78, 5) is 5.89. The van der Waals surface area contributed by atoms with Gasteiger partial charge < -0.3 is 4.90 Å². The van der Waals surface area contributed by atoms with Gasteiger partial charge in [0, 0.05) is 32.1 Å². The van der Waals surface area contributed by atoms with Gasteiger partial charge in [0.1, 0.15) is 5.84 Å². The summed E-state index contributed by atoms with van der Waals surface area (Å²) in [5.74, 6) is 0.516. The molecule has 2 aromatic rings. The minimum Gasteiger partial charge on any atom is -0.363 e. The molecule has 0 fully saturated rings. The van der Waals surface area contributed by atoms with Crippen molar-refractivity contribution in [1.29, 1.82) is 5.41 Å². The van der Waals surface area contributed by atoms with Gasteiger partial charge in [0.2, 0.25) is 0 Å². The molecule has 2 rings (SSSR count). The molecule has 0 unspecified atom stereocenters. The predicted molar refractivity (Wildman–Crippen MR) is 70.2 cm³/mol. The van der Waals surface area contributed by atoms with E-state index in [1.54, 1.807) is 11.1 Å². The fourth-order valence-corrected chi connectivity index (χ4v) is 1.61. The van der Waals surface area contributed by atoms with Crippen molar-refractivity contribution in [2.24, 2.45) is 0 Å². The number of hydrogen-bond donors (Lipinski definition) is 1. The molecule has 0 saturated heterocycles. The van der Waals surface area contributed by atoms with E-state index in [1.807, 2.05) is 56.7 Å². The molecule has 0 bridgehead atoms. The van der Waals surface area contributed by atoms with Crippen LogP contribution in [-0.2, 0) is 0 Å². The summed E-state index contributed by atoms with van der Waals surface area (Å²) in [6.07, 6.45) is 3.60. The van der Waals surface area contributed by atoms with Crippen LogP contribution in [0.1, 0.15) is 5.56 Å². The average molecular weight is 225 g/mol. The third kappa shape index (κ3) is 2.50. The summed E-state index contributed by atoms with van der Waals surface area (Å²) in [6, 6.07) is 11.9. The van der Waals surface area contributed by atoms with Crippen LogP contribution in [-0.4, -0.2) is 29.8 Å². The maximum absolute atomic E-state index is 7.87. The minimum absolute atomic E-state index is 0.516. The summed E-state index contributed by atoms with van der Waals surface area (Å²) in [6.45, 7) is 0. The fourth-order valence-electron chi connectivity index (χ4n) is 1.61. The Hall–Kier alpha value is -2.16. The smallest absolute Gasteiger partial charge is 0.127 e. The second-order valence-corrected chi connectivity index (χ2v) is 4.06. The minimum atomic E-state index is 0.516. The number of benzene rings is 1. The van der Waals surface area contributed by atoms with Gasteiger partial charge in [-0.25, -0.2) is 0 Å². The molecule has 0 saturated carbocycles. The molecule has 0 aliphatic rings. The third-order valence-electron chi connectivity index (χ3n) is 2.60. The van der Waals surface area contributed by atoms with Crippen LogP contribution in [0, 0.1) is 5.41 Å². The molecular weight excluding hydrogens is 210 g/mol. The Balaban J connectivity index is 2.28. The molecule has 0 atom stereocenters. The Morgan fingerprint density at radius 1 is 1.06 bits per heavy atom. The third-order valence-corrected chi connectivity index (χ3v) is 2.60. The van der Waals surface area contributed by atoms with Crippen LogP contribution < -0.4 is 0 Å². The van der Waals surface area contributed by atoms with Gasteiger partial charge in [0.15, 0.2) is 0 Å². The zero-order valence-electron chi connectivity index (χ0n) is 10.0. The van der Waals surface area contributed by atoms with E-state index >= 15 is 0 Å². The SMILES string of the molecule is CN(C)C(=N)c1ccc(-c2cccnc2)cc1. The lowest BCUT2D eigenvalue weighted by Crippen LogP contribution is -2.21. The first-order valence-electron chi connectivity index (χ1n) is 5.45. The molecule has 0 aliphatic heterocycles. The molecule has 1 N–H and O–H groups in total. The predicted octanol–water partition coefficient (Wildman–Crippen LogP) is 2.64. The van der Waals surface area contributed by atoms with Crippen LogP contribution in [0.4, 0.5) is 0 Å². The van der Waals surface area contributed by atoms with Crippen molar-refractivity contribution in [2.45, 2.75) is 0 Å². The number of nitrogens with zero attached hydrogens (tertiary/aromatic N) is 2. The highest BCUT2D eigenvalue weighted by molar-refractivity contribution is 5.96. The van der Waals surface area contributed by atoms with E-state index in [0.29, 0.717) is 5.84 Å². The van der Waals surface area contributed by atoms with Crippen molar-refractivity contribution in [1.82, 2.24) is 9.88 Å². The van der Waals surface area contributed by atoms with Crippen molar-refractivity contribution in [2.75, 3.05) is 14.1 Å². The van der Waals surface area contributed by atoms with Gasteiger partial charge >= 0.3 is 0 Å². The van der Waals surface area contributed by atoms with Crippen molar-refractivity contribution in [3.63, 3.8) is 0 Å². The van der Waals surface area contributed by atoms with E-state index in [-0.39, 0.29) is 0 Å². The standard InChI is InChI=1S/C14H15N3/c1-17(2)14(15)12-7-5-11(6-8-12)13-4-3-9-16-10-13/h3-10,15H,1-2H3. The van der Waals surface area contributed by atoms with Gasteiger partial charge in [-0.1, -0.05) is 30.3 Å². The van der Waals surface area contributed by atoms with Gasteiger partial charge in [-0.15, -0.1) is 0 Å². The van der Waals surface area contributed by atoms with Crippen LogP contribution in [0.3, 0.4) is 0 Å². The highest BCUT2D eigenvalue weighted by Gasteiger charge is 2.03. The van der Waals surface area contributed by atoms with E-state index in [1.165, 1.54) is 0 Å². The van der Waals surface area contributed by atoms with Crippen LogP contribution in [0.25, 0.3) is 11.1 Å². The molecule has 1 aromatic carbocycles. The van der Waals surface area contributed by atoms with E-state index in [0.717, 1.165) is 16.7 Å². The van der Waals surface area contributed by atoms with Gasteiger partial charge in [-0.05, 0) is 17.2 Å². The van der Waals surface area contributed by atoms with Crippen LogP contribution in [0.2, 0.25) is 0 Å². The lowest BCUT2D eigenvalue weighted by molar-refractivity contribution is 0.619. The summed E-state index contributed by atoms with van der Waals surface area (Å²) in [7, 11) is 3.74. The summed E-state index contributed by atoms with van der Waals surface area (Å²) in [5.41, 5.74) is 3.13. The van der Waals surface area contributed by atoms with Crippen molar-refractivity contribution >= 4 is 5.84 Å². The summed E-state index contributed by atoms with van der Waals surface area (Å²) in [5, 5.41) is 7.87. The van der Waals surface area contributed by atoms with Crippen molar-refractivity contribution in [3.8, 4) is 11.1 Å². The van der Waals surface area contributed by atoms with E-state index in [9.17, 15) is 0 Å². The average Bonchev–Trinajstić information content (AvgIpc) is 2.39. The van der Waals surface area contributed by atoms with Crippen LogP contribution in [0.5, 0.6) is 0 Å². The maximum atomic E-state index is 7.87. The molecule has 1 aromatic heterocycles. The Bertz CT molecular complexity index is 501. The topological polar surface area (TPSA) is 40.0 Å². The number of nitrogens with one attached hydrogen (secondary N) is 1. The van der Waals surface area contributed by atoms with Gasteiger partial charge in [0.05, 0.1) is 0 Å². The molecule has 0 aliphatic carbocycles. The van der Waals surface area contributed by atoms with Crippen LogP contribution >= 0.6 is 0 Å². The highest BCUT2D eigenvalue weighted by atomic mass is 15.1. The molecule has 0 radical (unpaired) electrons. The summed E-state index contributed by atoms with van der Waals surface area (Å²) >= 11 is 0. The molecule has 86 valence electrons. The first-order chi connectivity index (χ1) is 8.18. The lowest BCUT2D eigenvalue weighted by Gasteiger charge is -2.13. The molecular formula is C14H15N3. The van der Waals surface area contributed by atoms with Gasteiger partial charge in [-0.2, -0.15) is 0 Å². The van der Waals surface area contributed by atoms with Gasteiger partial charge in [0.25, 0.3) is 0 Å². The molecule has 0 spiro atoms. The van der Waals surface area contributed by atoms with E-state index in [2.05, 4.69) is 4.98 Å². The van der Waals surface area contributed by atoms with Crippen molar-refractivity contribution < 1.29 is 0 Å². The Labute approximate surface area is 101 Å². The monoisotopic (exact) mass is 225 g/mol. The number of aromatic nitrogens is 1. The Kier molecular flexibility index (Phi) is 3.19. The molecule has 1 heterocycles. The highest BCUT2D eigenvalue weighted by Crippen LogP contribution is 2.18. The Morgan fingerprint density at radius 2 is 1.76 bits per heavy atom. The molecule has 0 amide bonds. The Morgan fingerprint density at radius 3 is 2.29 bits per heavy atom. The zero-order chi connectivity index (χ0) is 12.3. The number of rotatable bonds is 2. The molecule has 3 nitrogen and oxygen atoms in total. The van der Waals surface area contributed by atoms with Crippen LogP contribution in [0.15, 0.2) is 48.8 Å². The first-order valence-corrected chi connectivity index (χ1v) is 5.45. The first kappa shape index (κ1) is 11.3. The molecule has 3 heteroatoms. The van der Waals surface area contributed by atoms with E-state index < -0.39 is 0 Å². The summed E-state index contributed by atoms with van der Waals surface area (Å²) < 4.78 is 0. The lowest BCUT2D eigenvalue weighted by atomic mass is 10.1. The quantitative estimate of drug-likeness (QED) is 0.630. The second-order valence-electron chi connectivity index (χ2n) is 4.06. The number of amidine groups is 1. The van der Waals surface area contributed by atoms with Gasteiger partial charge in [-0.3, -0.25) is 10.4 Å². The largest absolute Gasteiger partial charge is 0.363 e. The van der Waals surface area contributed by atoms with E-state index in [4.69, 9.17) is 5.41 Å². The zero-order valence-corrected chi connectivity index (χ0v) is 10.0. The number of pyridine rings is 1. The molecule has 17 heavy (non-hydrogen) atoms.